The molecule has 0 aliphatic carbocycles. The summed E-state index contributed by atoms with van der Waals surface area (Å²) in [6, 6.07) is 9.25. The number of nitriles is 1. The van der Waals surface area contributed by atoms with Gasteiger partial charge in [0.1, 0.15) is 23.2 Å². The fourth-order valence-corrected chi connectivity index (χ4v) is 2.73. The quantitative estimate of drug-likeness (QED) is 0.835. The molecule has 1 aliphatic heterocycles. The molecular weight excluding hydrogens is 308 g/mol. The maximum atomic E-state index is 12.5. The van der Waals surface area contributed by atoms with Crippen molar-refractivity contribution in [3.63, 3.8) is 0 Å². The summed E-state index contributed by atoms with van der Waals surface area (Å²) in [5.41, 5.74) is 7.04. The highest BCUT2D eigenvalue weighted by molar-refractivity contribution is 5.93. The van der Waals surface area contributed by atoms with Crippen molar-refractivity contribution in [2.24, 2.45) is 5.73 Å². The number of nitrogens with zero attached hydrogens (tertiary/aromatic N) is 1. The third-order valence-corrected chi connectivity index (χ3v) is 3.76. The topological polar surface area (TPSA) is 94.6 Å². The van der Waals surface area contributed by atoms with Crippen LogP contribution >= 0.6 is 0 Å². The number of methoxy groups -OCH3 is 1. The van der Waals surface area contributed by atoms with Gasteiger partial charge in [0.2, 0.25) is 5.88 Å². The average Bonchev–Trinajstić information content (AvgIpc) is 2.60. The van der Waals surface area contributed by atoms with E-state index in [2.05, 4.69) is 6.07 Å². The van der Waals surface area contributed by atoms with Crippen molar-refractivity contribution < 1.29 is 19.0 Å². The van der Waals surface area contributed by atoms with Gasteiger partial charge in [0.05, 0.1) is 25.2 Å². The van der Waals surface area contributed by atoms with Crippen molar-refractivity contribution in [2.45, 2.75) is 26.2 Å². The molecule has 6 heteroatoms. The molecule has 6 nitrogen and oxygen atoms in total. The summed E-state index contributed by atoms with van der Waals surface area (Å²) in [5, 5.41) is 9.56. The number of benzene rings is 1. The number of allylic oxidation sites excluding steroid dienone is 2. The maximum absolute atomic E-state index is 12.5. The third kappa shape index (κ3) is 3.06. The van der Waals surface area contributed by atoms with E-state index in [1.54, 1.807) is 19.1 Å². The van der Waals surface area contributed by atoms with E-state index in [9.17, 15) is 10.1 Å². The highest BCUT2D eigenvalue weighted by atomic mass is 16.5. The van der Waals surface area contributed by atoms with Crippen molar-refractivity contribution in [1.82, 2.24) is 0 Å². The van der Waals surface area contributed by atoms with Crippen LogP contribution < -0.4 is 10.5 Å². The van der Waals surface area contributed by atoms with Crippen LogP contribution in [0.25, 0.3) is 0 Å². The standard InChI is InChI=1S/C18H20N2O4/c1-4-13-16(18(21)23-5-2)15(12(10-19)17(20)24-13)11-8-6-7-9-14(11)22-3/h6-9,15H,4-5,20H2,1-3H3/t15-/m1/s1. The van der Waals surface area contributed by atoms with Crippen molar-refractivity contribution >= 4 is 5.97 Å². The minimum atomic E-state index is -0.686. The van der Waals surface area contributed by atoms with Gasteiger partial charge < -0.3 is 19.9 Å². The van der Waals surface area contributed by atoms with Gasteiger partial charge in [-0.1, -0.05) is 25.1 Å². The van der Waals surface area contributed by atoms with Crippen LogP contribution in [-0.4, -0.2) is 19.7 Å². The largest absolute Gasteiger partial charge is 0.496 e. The Kier molecular flexibility index (Phi) is 5.48. The molecule has 1 aliphatic rings. The summed E-state index contributed by atoms with van der Waals surface area (Å²) in [6.07, 6.45) is 0.444. The summed E-state index contributed by atoms with van der Waals surface area (Å²) >= 11 is 0. The first-order chi connectivity index (χ1) is 11.6. The highest BCUT2D eigenvalue weighted by Crippen LogP contribution is 2.43. The van der Waals surface area contributed by atoms with E-state index in [0.717, 1.165) is 0 Å². The number of esters is 1. The number of hydrogen-bond donors (Lipinski definition) is 1. The molecule has 0 spiro atoms. The number of carbonyl (C=O) groups is 1. The van der Waals surface area contributed by atoms with Crippen LogP contribution in [-0.2, 0) is 14.3 Å². The number of hydrogen-bond acceptors (Lipinski definition) is 6. The van der Waals surface area contributed by atoms with E-state index >= 15 is 0 Å². The van der Waals surface area contributed by atoms with Gasteiger partial charge in [-0.2, -0.15) is 5.26 Å². The Labute approximate surface area is 141 Å². The molecule has 0 amide bonds. The molecule has 24 heavy (non-hydrogen) atoms. The smallest absolute Gasteiger partial charge is 0.338 e. The van der Waals surface area contributed by atoms with Gasteiger partial charge in [0, 0.05) is 12.0 Å². The third-order valence-electron chi connectivity index (χ3n) is 3.76. The Bertz CT molecular complexity index is 744. The van der Waals surface area contributed by atoms with Crippen molar-refractivity contribution in [1.29, 1.82) is 5.26 Å². The molecule has 1 heterocycles. The molecule has 1 aromatic carbocycles. The average molecular weight is 328 g/mol. The minimum absolute atomic E-state index is 0.00157. The lowest BCUT2D eigenvalue weighted by Gasteiger charge is -2.28. The molecule has 0 saturated carbocycles. The molecule has 0 radical (unpaired) electrons. The van der Waals surface area contributed by atoms with Gasteiger partial charge in [0.15, 0.2) is 0 Å². The molecule has 1 atom stereocenters. The Morgan fingerprint density at radius 2 is 2.08 bits per heavy atom. The number of carbonyl (C=O) groups excluding carboxylic acids is 1. The minimum Gasteiger partial charge on any atom is -0.496 e. The van der Waals surface area contributed by atoms with Gasteiger partial charge in [-0.05, 0) is 13.0 Å². The lowest BCUT2D eigenvalue weighted by Crippen LogP contribution is -2.26. The lowest BCUT2D eigenvalue weighted by atomic mass is 9.82. The second-order valence-electron chi connectivity index (χ2n) is 5.08. The molecule has 0 unspecified atom stereocenters. The monoisotopic (exact) mass is 328 g/mol. The van der Waals surface area contributed by atoms with E-state index in [4.69, 9.17) is 19.9 Å². The van der Waals surface area contributed by atoms with Gasteiger partial charge >= 0.3 is 5.97 Å². The second-order valence-corrected chi connectivity index (χ2v) is 5.08. The molecule has 1 aromatic rings. The van der Waals surface area contributed by atoms with Gasteiger partial charge in [0.25, 0.3) is 0 Å². The van der Waals surface area contributed by atoms with Crippen molar-refractivity contribution in [3.8, 4) is 11.8 Å². The summed E-state index contributed by atoms with van der Waals surface area (Å²) in [6.45, 7) is 3.79. The molecule has 2 N–H and O–H groups in total. The van der Waals surface area contributed by atoms with E-state index in [-0.39, 0.29) is 23.6 Å². The van der Waals surface area contributed by atoms with Crippen LogP contribution in [0, 0.1) is 11.3 Å². The van der Waals surface area contributed by atoms with E-state index in [1.807, 2.05) is 19.1 Å². The predicted octanol–water partition coefficient (Wildman–Crippen LogP) is 2.73. The zero-order valence-corrected chi connectivity index (χ0v) is 14.0. The first-order valence-electron chi connectivity index (χ1n) is 7.69. The first-order valence-corrected chi connectivity index (χ1v) is 7.69. The van der Waals surface area contributed by atoms with Gasteiger partial charge in [-0.25, -0.2) is 4.79 Å². The molecule has 126 valence electrons. The summed E-state index contributed by atoms with van der Waals surface area (Å²) < 4.78 is 16.1. The van der Waals surface area contributed by atoms with Crippen LogP contribution in [0.2, 0.25) is 0 Å². The molecule has 0 saturated heterocycles. The predicted molar refractivity (Wildman–Crippen MR) is 87.6 cm³/mol. The maximum Gasteiger partial charge on any atom is 0.338 e. The molecule has 0 aromatic heterocycles. The van der Waals surface area contributed by atoms with E-state index in [1.165, 1.54) is 7.11 Å². The summed E-state index contributed by atoms with van der Waals surface area (Å²) in [4.78, 5) is 12.5. The molecular formula is C18H20N2O4. The zero-order chi connectivity index (χ0) is 17.7. The molecule has 0 bridgehead atoms. The molecule has 2 rings (SSSR count). The Morgan fingerprint density at radius 1 is 1.38 bits per heavy atom. The number of para-hydroxylation sites is 1. The van der Waals surface area contributed by atoms with Gasteiger partial charge in [-0.3, -0.25) is 0 Å². The number of rotatable bonds is 5. The normalized spacial score (nSPS) is 17.2. The number of nitrogens with two attached hydrogens (primary N) is 1. The molecule has 0 fully saturated rings. The fourth-order valence-electron chi connectivity index (χ4n) is 2.73. The van der Waals surface area contributed by atoms with Crippen LogP contribution in [0.5, 0.6) is 5.75 Å². The van der Waals surface area contributed by atoms with Crippen LogP contribution in [0.4, 0.5) is 0 Å². The van der Waals surface area contributed by atoms with Crippen molar-refractivity contribution in [3.05, 3.63) is 52.6 Å². The van der Waals surface area contributed by atoms with E-state index in [0.29, 0.717) is 23.5 Å². The zero-order valence-electron chi connectivity index (χ0n) is 14.0. The SMILES string of the molecule is CCOC(=O)C1=C(CC)OC(N)=C(C#N)[C@H]1c1ccccc1OC. The Hall–Kier alpha value is -2.94. The second kappa shape index (κ2) is 7.55. The number of ether oxygens (including phenoxy) is 3. The highest BCUT2D eigenvalue weighted by Gasteiger charge is 2.38. The lowest BCUT2D eigenvalue weighted by molar-refractivity contribution is -0.139. The Balaban J connectivity index is 2.71. The van der Waals surface area contributed by atoms with Crippen LogP contribution in [0.15, 0.2) is 47.1 Å². The summed E-state index contributed by atoms with van der Waals surface area (Å²) in [5.74, 6) is -0.249. The van der Waals surface area contributed by atoms with Crippen LogP contribution in [0.1, 0.15) is 31.7 Å². The van der Waals surface area contributed by atoms with Crippen molar-refractivity contribution in [2.75, 3.05) is 13.7 Å². The Morgan fingerprint density at radius 3 is 2.67 bits per heavy atom. The van der Waals surface area contributed by atoms with Gasteiger partial charge in [-0.15, -0.1) is 0 Å². The fraction of sp³-hybridized carbons (Fsp3) is 0.333. The summed E-state index contributed by atoms with van der Waals surface area (Å²) in [7, 11) is 1.53. The van der Waals surface area contributed by atoms with E-state index < -0.39 is 11.9 Å². The first kappa shape index (κ1) is 17.4. The van der Waals surface area contributed by atoms with Crippen LogP contribution in [0.3, 0.4) is 0 Å².